The van der Waals surface area contributed by atoms with Gasteiger partial charge in [-0.2, -0.15) is 0 Å². The number of anilines is 1. The number of amides is 1. The molecule has 0 heterocycles. The summed E-state index contributed by atoms with van der Waals surface area (Å²) in [6.07, 6.45) is 2.14. The number of nitrogen functional groups attached to an aromatic ring is 1. The molecule has 0 bridgehead atoms. The minimum atomic E-state index is -0.974. The van der Waals surface area contributed by atoms with Crippen LogP contribution >= 0.6 is 0 Å². The molecule has 0 spiro atoms. The monoisotopic (exact) mass is 240 g/mol. The van der Waals surface area contributed by atoms with Gasteiger partial charge in [0.05, 0.1) is 5.69 Å². The van der Waals surface area contributed by atoms with E-state index < -0.39 is 23.1 Å². The first-order chi connectivity index (χ1) is 8.00. The highest BCUT2D eigenvalue weighted by Crippen LogP contribution is 2.30. The summed E-state index contributed by atoms with van der Waals surface area (Å²) in [5, 5.41) is 0. The molecule has 2 rings (SSSR count). The van der Waals surface area contributed by atoms with Crippen LogP contribution in [0.4, 0.5) is 14.5 Å². The van der Waals surface area contributed by atoms with Crippen LogP contribution in [-0.4, -0.2) is 24.4 Å². The Balaban J connectivity index is 2.25. The molecule has 0 aliphatic heterocycles. The number of carbonyl (C=O) groups excluding carboxylic acids is 1. The molecule has 1 fully saturated rings. The van der Waals surface area contributed by atoms with Crippen LogP contribution < -0.4 is 5.73 Å². The standard InChI is InChI=1S/C12H14F2N2O/c1-16(6-7-2-3-7)12(17)10-8(13)4-5-9(15)11(10)14/h4-5,7H,2-3,6,15H2,1H3. The Labute approximate surface area is 98.2 Å². The molecule has 92 valence electrons. The summed E-state index contributed by atoms with van der Waals surface area (Å²) in [5.74, 6) is -2.03. The molecule has 5 heteroatoms. The van der Waals surface area contributed by atoms with E-state index in [2.05, 4.69) is 0 Å². The van der Waals surface area contributed by atoms with Crippen molar-refractivity contribution in [2.45, 2.75) is 12.8 Å². The summed E-state index contributed by atoms with van der Waals surface area (Å²) in [7, 11) is 1.54. The van der Waals surface area contributed by atoms with Crippen LogP contribution in [0.25, 0.3) is 0 Å². The van der Waals surface area contributed by atoms with Gasteiger partial charge in [-0.3, -0.25) is 4.79 Å². The zero-order valence-corrected chi connectivity index (χ0v) is 9.54. The molecule has 1 aromatic carbocycles. The number of hydrogen-bond acceptors (Lipinski definition) is 2. The van der Waals surface area contributed by atoms with Gasteiger partial charge >= 0.3 is 0 Å². The predicted octanol–water partition coefficient (Wildman–Crippen LogP) is 2.03. The van der Waals surface area contributed by atoms with Crippen LogP contribution in [0, 0.1) is 17.6 Å². The van der Waals surface area contributed by atoms with E-state index in [4.69, 9.17) is 5.73 Å². The quantitative estimate of drug-likeness (QED) is 0.822. The van der Waals surface area contributed by atoms with Gasteiger partial charge in [-0.15, -0.1) is 0 Å². The molecule has 0 saturated heterocycles. The average Bonchev–Trinajstić information content (AvgIpc) is 3.07. The summed E-state index contributed by atoms with van der Waals surface area (Å²) in [6, 6.07) is 2.12. The maximum atomic E-state index is 13.6. The molecule has 1 aliphatic rings. The van der Waals surface area contributed by atoms with Crippen molar-refractivity contribution in [1.29, 1.82) is 0 Å². The lowest BCUT2D eigenvalue weighted by Crippen LogP contribution is -2.30. The van der Waals surface area contributed by atoms with E-state index >= 15 is 0 Å². The fraction of sp³-hybridized carbons (Fsp3) is 0.417. The molecule has 0 atom stereocenters. The molecule has 1 saturated carbocycles. The minimum Gasteiger partial charge on any atom is -0.396 e. The first-order valence-electron chi connectivity index (χ1n) is 5.49. The second-order valence-electron chi connectivity index (χ2n) is 4.45. The van der Waals surface area contributed by atoms with Gasteiger partial charge in [0.1, 0.15) is 11.4 Å². The van der Waals surface area contributed by atoms with Crippen LogP contribution in [0.2, 0.25) is 0 Å². The van der Waals surface area contributed by atoms with E-state index in [0.717, 1.165) is 25.0 Å². The first-order valence-corrected chi connectivity index (χ1v) is 5.49. The maximum Gasteiger partial charge on any atom is 0.259 e. The van der Waals surface area contributed by atoms with Crippen molar-refractivity contribution >= 4 is 11.6 Å². The van der Waals surface area contributed by atoms with Gasteiger partial charge in [-0.05, 0) is 30.9 Å². The third-order valence-corrected chi connectivity index (χ3v) is 2.91. The van der Waals surface area contributed by atoms with Crippen molar-refractivity contribution in [3.63, 3.8) is 0 Å². The van der Waals surface area contributed by atoms with E-state index in [1.165, 1.54) is 4.90 Å². The van der Waals surface area contributed by atoms with Crippen molar-refractivity contribution in [1.82, 2.24) is 4.90 Å². The molecular formula is C12H14F2N2O. The Morgan fingerprint density at radius 2 is 2.12 bits per heavy atom. The summed E-state index contributed by atoms with van der Waals surface area (Å²) < 4.78 is 27.1. The van der Waals surface area contributed by atoms with E-state index in [0.29, 0.717) is 12.5 Å². The van der Waals surface area contributed by atoms with Gasteiger partial charge in [-0.25, -0.2) is 8.78 Å². The molecule has 1 aliphatic carbocycles. The zero-order valence-electron chi connectivity index (χ0n) is 9.54. The van der Waals surface area contributed by atoms with Gasteiger partial charge in [-0.1, -0.05) is 0 Å². The maximum absolute atomic E-state index is 13.6. The lowest BCUT2D eigenvalue weighted by molar-refractivity contribution is 0.0779. The van der Waals surface area contributed by atoms with Crippen LogP contribution in [0.5, 0.6) is 0 Å². The van der Waals surface area contributed by atoms with Gasteiger partial charge in [0.15, 0.2) is 5.82 Å². The summed E-state index contributed by atoms with van der Waals surface area (Å²) in [5.41, 5.74) is 4.55. The largest absolute Gasteiger partial charge is 0.396 e. The van der Waals surface area contributed by atoms with Gasteiger partial charge < -0.3 is 10.6 Å². The molecule has 17 heavy (non-hydrogen) atoms. The van der Waals surface area contributed by atoms with Gasteiger partial charge in [0.2, 0.25) is 0 Å². The van der Waals surface area contributed by atoms with E-state index in [1.54, 1.807) is 7.05 Å². The summed E-state index contributed by atoms with van der Waals surface area (Å²) >= 11 is 0. The van der Waals surface area contributed by atoms with Crippen LogP contribution in [0.3, 0.4) is 0 Å². The van der Waals surface area contributed by atoms with E-state index in [9.17, 15) is 13.6 Å². The van der Waals surface area contributed by atoms with Crippen molar-refractivity contribution in [3.05, 3.63) is 29.3 Å². The highest BCUT2D eigenvalue weighted by Gasteiger charge is 2.28. The van der Waals surface area contributed by atoms with Crippen molar-refractivity contribution in [2.24, 2.45) is 5.92 Å². The fourth-order valence-electron chi connectivity index (χ4n) is 1.73. The molecule has 3 nitrogen and oxygen atoms in total. The number of halogens is 2. The number of benzene rings is 1. The second kappa shape index (κ2) is 4.31. The highest BCUT2D eigenvalue weighted by atomic mass is 19.1. The Kier molecular flexibility index (Phi) is 3.00. The van der Waals surface area contributed by atoms with Crippen LogP contribution in [0.15, 0.2) is 12.1 Å². The van der Waals surface area contributed by atoms with Crippen LogP contribution in [-0.2, 0) is 0 Å². The van der Waals surface area contributed by atoms with Gasteiger partial charge in [0.25, 0.3) is 5.91 Å². The number of carbonyl (C=O) groups is 1. The molecule has 2 N–H and O–H groups in total. The van der Waals surface area contributed by atoms with E-state index in [1.807, 2.05) is 0 Å². The topological polar surface area (TPSA) is 46.3 Å². The number of nitrogens with two attached hydrogens (primary N) is 1. The minimum absolute atomic E-state index is 0.213. The predicted molar refractivity (Wildman–Crippen MR) is 60.5 cm³/mol. The first kappa shape index (κ1) is 11.8. The van der Waals surface area contributed by atoms with Gasteiger partial charge in [0, 0.05) is 13.6 Å². The summed E-state index contributed by atoms with van der Waals surface area (Å²) in [4.78, 5) is 13.2. The van der Waals surface area contributed by atoms with Crippen molar-refractivity contribution < 1.29 is 13.6 Å². The number of nitrogens with zero attached hydrogens (tertiary/aromatic N) is 1. The smallest absolute Gasteiger partial charge is 0.259 e. The average molecular weight is 240 g/mol. The highest BCUT2D eigenvalue weighted by molar-refractivity contribution is 5.95. The Morgan fingerprint density at radius 3 is 2.71 bits per heavy atom. The molecule has 0 radical (unpaired) electrons. The Morgan fingerprint density at radius 1 is 1.47 bits per heavy atom. The fourth-order valence-corrected chi connectivity index (χ4v) is 1.73. The molecule has 1 amide bonds. The lowest BCUT2D eigenvalue weighted by atomic mass is 10.1. The molecule has 0 unspecified atom stereocenters. The molecular weight excluding hydrogens is 226 g/mol. The molecule has 0 aromatic heterocycles. The number of rotatable bonds is 3. The van der Waals surface area contributed by atoms with Crippen molar-refractivity contribution in [3.8, 4) is 0 Å². The van der Waals surface area contributed by atoms with Crippen LogP contribution in [0.1, 0.15) is 23.2 Å². The second-order valence-corrected chi connectivity index (χ2v) is 4.45. The molecule has 1 aromatic rings. The third-order valence-electron chi connectivity index (χ3n) is 2.91. The van der Waals surface area contributed by atoms with E-state index in [-0.39, 0.29) is 5.69 Å². The SMILES string of the molecule is CN(CC1CC1)C(=O)c1c(F)ccc(N)c1F. The lowest BCUT2D eigenvalue weighted by Gasteiger charge is -2.17. The Bertz CT molecular complexity index is 458. The zero-order chi connectivity index (χ0) is 12.6. The Hall–Kier alpha value is -1.65. The third kappa shape index (κ3) is 2.38. The van der Waals surface area contributed by atoms with Crippen molar-refractivity contribution in [2.75, 3.05) is 19.3 Å². The summed E-state index contributed by atoms with van der Waals surface area (Å²) in [6.45, 7) is 0.534. The number of hydrogen-bond donors (Lipinski definition) is 1. The normalized spacial score (nSPS) is 14.8.